The van der Waals surface area contributed by atoms with Gasteiger partial charge in [-0.3, -0.25) is 4.79 Å². The number of amides is 1. The number of rotatable bonds is 3. The fourth-order valence-electron chi connectivity index (χ4n) is 3.27. The predicted molar refractivity (Wildman–Crippen MR) is 98.0 cm³/mol. The lowest BCUT2D eigenvalue weighted by Crippen LogP contribution is -2.40. The normalized spacial score (nSPS) is 18.0. The zero-order valence-electron chi connectivity index (χ0n) is 14.1. The van der Waals surface area contributed by atoms with E-state index in [1.807, 2.05) is 30.5 Å². The van der Waals surface area contributed by atoms with E-state index >= 15 is 0 Å². The van der Waals surface area contributed by atoms with Crippen LogP contribution in [0.1, 0.15) is 42.8 Å². The molecule has 0 saturated heterocycles. The number of nitrogens with zero attached hydrogens (tertiary/aromatic N) is 1. The van der Waals surface area contributed by atoms with Gasteiger partial charge in [-0.1, -0.05) is 6.42 Å². The van der Waals surface area contributed by atoms with Crippen molar-refractivity contribution in [3.05, 3.63) is 40.4 Å². The maximum Gasteiger partial charge on any atom is 0.251 e. The van der Waals surface area contributed by atoms with Crippen molar-refractivity contribution in [1.29, 1.82) is 0 Å². The standard InChI is InChI=1S/C19H20N2O3S/c1-13-20-15(12-25-13)6-8-18(22)21-14-5-7-16-17(11-14)24-19(23-16)9-3-2-4-10-19/h5-8,11-12H,2-4,9-10H2,1H3,(H,21,22)/b8-6-. The second-order valence-electron chi connectivity index (χ2n) is 6.45. The van der Waals surface area contributed by atoms with Crippen molar-refractivity contribution in [2.75, 3.05) is 5.32 Å². The fraction of sp³-hybridized carbons (Fsp3) is 0.368. The third-order valence-electron chi connectivity index (χ3n) is 4.46. The highest BCUT2D eigenvalue weighted by atomic mass is 32.1. The highest BCUT2D eigenvalue weighted by Crippen LogP contribution is 2.46. The number of nitrogens with one attached hydrogen (secondary N) is 1. The monoisotopic (exact) mass is 356 g/mol. The molecule has 1 saturated carbocycles. The van der Waals surface area contributed by atoms with Crippen LogP contribution in [0.4, 0.5) is 5.69 Å². The van der Waals surface area contributed by atoms with Gasteiger partial charge in [0.15, 0.2) is 11.5 Å². The van der Waals surface area contributed by atoms with Gasteiger partial charge in [-0.05, 0) is 38.0 Å². The number of thiazole rings is 1. The Morgan fingerprint density at radius 3 is 2.80 bits per heavy atom. The maximum absolute atomic E-state index is 12.1. The average molecular weight is 356 g/mol. The molecule has 1 aromatic heterocycles. The van der Waals surface area contributed by atoms with Crippen LogP contribution in [-0.2, 0) is 4.79 Å². The van der Waals surface area contributed by atoms with Crippen molar-refractivity contribution in [2.45, 2.75) is 44.8 Å². The number of aryl methyl sites for hydroxylation is 1. The number of hydrogen-bond donors (Lipinski definition) is 1. The Morgan fingerprint density at radius 1 is 1.24 bits per heavy atom. The first-order valence-corrected chi connectivity index (χ1v) is 9.43. The van der Waals surface area contributed by atoms with Crippen LogP contribution in [0.3, 0.4) is 0 Å². The minimum atomic E-state index is -0.494. The molecule has 2 heterocycles. The fourth-order valence-corrected chi connectivity index (χ4v) is 3.85. The smallest absolute Gasteiger partial charge is 0.251 e. The summed E-state index contributed by atoms with van der Waals surface area (Å²) in [4.78, 5) is 16.4. The van der Waals surface area contributed by atoms with E-state index in [4.69, 9.17) is 9.47 Å². The lowest BCUT2D eigenvalue weighted by atomic mass is 9.94. The minimum Gasteiger partial charge on any atom is -0.448 e. The summed E-state index contributed by atoms with van der Waals surface area (Å²) in [6, 6.07) is 5.53. The number of anilines is 1. The summed E-state index contributed by atoms with van der Waals surface area (Å²) >= 11 is 1.56. The number of aromatic nitrogens is 1. The summed E-state index contributed by atoms with van der Waals surface area (Å²) in [5.74, 6) is 0.773. The molecule has 0 unspecified atom stereocenters. The van der Waals surface area contributed by atoms with Gasteiger partial charge in [-0.25, -0.2) is 4.98 Å². The van der Waals surface area contributed by atoms with Crippen LogP contribution in [0.5, 0.6) is 11.5 Å². The summed E-state index contributed by atoms with van der Waals surface area (Å²) < 4.78 is 12.1. The lowest BCUT2D eigenvalue weighted by Gasteiger charge is -2.31. The summed E-state index contributed by atoms with van der Waals surface area (Å²) in [6.07, 6.45) is 8.51. The van der Waals surface area contributed by atoms with Gasteiger partial charge < -0.3 is 14.8 Å². The third-order valence-corrected chi connectivity index (χ3v) is 5.25. The molecule has 130 valence electrons. The van der Waals surface area contributed by atoms with Crippen LogP contribution >= 0.6 is 11.3 Å². The molecule has 0 atom stereocenters. The second kappa shape index (κ2) is 6.52. The van der Waals surface area contributed by atoms with Crippen molar-refractivity contribution >= 4 is 29.0 Å². The molecule has 1 fully saturated rings. The Hall–Kier alpha value is -2.34. The van der Waals surface area contributed by atoms with Crippen molar-refractivity contribution in [3.8, 4) is 11.5 Å². The molecule has 4 rings (SSSR count). The number of hydrogen-bond acceptors (Lipinski definition) is 5. The number of carbonyl (C=O) groups excluding carboxylic acids is 1. The van der Waals surface area contributed by atoms with E-state index in [2.05, 4.69) is 10.3 Å². The van der Waals surface area contributed by atoms with E-state index in [9.17, 15) is 4.79 Å². The molecular weight excluding hydrogens is 336 g/mol. The molecule has 0 bridgehead atoms. The molecule has 6 heteroatoms. The molecule has 25 heavy (non-hydrogen) atoms. The van der Waals surface area contributed by atoms with E-state index in [0.29, 0.717) is 11.4 Å². The molecule has 1 aliphatic heterocycles. The highest BCUT2D eigenvalue weighted by molar-refractivity contribution is 7.09. The molecule has 1 N–H and O–H groups in total. The van der Waals surface area contributed by atoms with Crippen LogP contribution in [0.25, 0.3) is 6.08 Å². The Kier molecular flexibility index (Phi) is 4.21. The Labute approximate surface area is 150 Å². The SMILES string of the molecule is Cc1nc(/C=C\C(=O)Nc2ccc3c(c2)OC2(CCCCC2)O3)cs1. The van der Waals surface area contributed by atoms with Crippen molar-refractivity contribution in [2.24, 2.45) is 0 Å². The summed E-state index contributed by atoms with van der Waals surface area (Å²) in [7, 11) is 0. The summed E-state index contributed by atoms with van der Waals surface area (Å²) in [5, 5.41) is 5.75. The van der Waals surface area contributed by atoms with Crippen molar-refractivity contribution in [1.82, 2.24) is 4.98 Å². The molecule has 1 spiro atoms. The van der Waals surface area contributed by atoms with Gasteiger partial charge in [-0.2, -0.15) is 0 Å². The molecule has 1 aromatic carbocycles. The van der Waals surface area contributed by atoms with E-state index < -0.39 is 5.79 Å². The molecule has 2 aromatic rings. The van der Waals surface area contributed by atoms with Gasteiger partial charge >= 0.3 is 0 Å². The van der Waals surface area contributed by atoms with Crippen LogP contribution in [0, 0.1) is 6.92 Å². The minimum absolute atomic E-state index is 0.197. The van der Waals surface area contributed by atoms with Crippen LogP contribution in [0.15, 0.2) is 29.7 Å². The predicted octanol–water partition coefficient (Wildman–Crippen LogP) is 4.54. The van der Waals surface area contributed by atoms with E-state index in [1.54, 1.807) is 17.4 Å². The van der Waals surface area contributed by atoms with E-state index in [0.717, 1.165) is 42.1 Å². The Morgan fingerprint density at radius 2 is 2.04 bits per heavy atom. The second-order valence-corrected chi connectivity index (χ2v) is 7.51. The largest absolute Gasteiger partial charge is 0.448 e. The maximum atomic E-state index is 12.1. The first kappa shape index (κ1) is 16.1. The molecular formula is C19H20N2O3S. The highest BCUT2D eigenvalue weighted by Gasteiger charge is 2.42. The van der Waals surface area contributed by atoms with Crippen LogP contribution < -0.4 is 14.8 Å². The molecule has 1 aliphatic carbocycles. The quantitative estimate of drug-likeness (QED) is 0.821. The third kappa shape index (κ3) is 3.54. The Balaban J connectivity index is 1.42. The first-order valence-electron chi connectivity index (χ1n) is 8.55. The molecule has 0 radical (unpaired) electrons. The molecule has 5 nitrogen and oxygen atoms in total. The Bertz CT molecular complexity index is 822. The van der Waals surface area contributed by atoms with Gasteiger partial charge in [0.25, 0.3) is 5.79 Å². The zero-order chi connectivity index (χ0) is 17.3. The van der Waals surface area contributed by atoms with E-state index in [-0.39, 0.29) is 5.91 Å². The molecule has 1 amide bonds. The van der Waals surface area contributed by atoms with Crippen LogP contribution in [0.2, 0.25) is 0 Å². The van der Waals surface area contributed by atoms with Gasteiger partial charge in [0.1, 0.15) is 0 Å². The van der Waals surface area contributed by atoms with Crippen LogP contribution in [-0.4, -0.2) is 16.7 Å². The van der Waals surface area contributed by atoms with Gasteiger partial charge in [-0.15, -0.1) is 11.3 Å². The van der Waals surface area contributed by atoms with Gasteiger partial charge in [0, 0.05) is 36.1 Å². The number of ether oxygens (including phenoxy) is 2. The summed E-state index contributed by atoms with van der Waals surface area (Å²) in [5.41, 5.74) is 1.49. The zero-order valence-corrected chi connectivity index (χ0v) is 14.9. The van der Waals surface area contributed by atoms with Crippen molar-refractivity contribution in [3.63, 3.8) is 0 Å². The molecule has 2 aliphatic rings. The van der Waals surface area contributed by atoms with E-state index in [1.165, 1.54) is 12.5 Å². The first-order chi connectivity index (χ1) is 12.1. The number of fused-ring (bicyclic) bond motifs is 1. The lowest BCUT2D eigenvalue weighted by molar-refractivity contribution is -0.111. The van der Waals surface area contributed by atoms with Crippen molar-refractivity contribution < 1.29 is 14.3 Å². The summed E-state index contributed by atoms with van der Waals surface area (Å²) in [6.45, 7) is 1.94. The topological polar surface area (TPSA) is 60.5 Å². The number of carbonyl (C=O) groups is 1. The van der Waals surface area contributed by atoms with Gasteiger partial charge in [0.05, 0.1) is 10.7 Å². The van der Waals surface area contributed by atoms with Gasteiger partial charge in [0.2, 0.25) is 5.91 Å². The number of benzene rings is 1. The average Bonchev–Trinajstić information content (AvgIpc) is 3.16.